The summed E-state index contributed by atoms with van der Waals surface area (Å²) in [5.41, 5.74) is 2.08. The van der Waals surface area contributed by atoms with E-state index in [0.717, 1.165) is 43.9 Å². The molecule has 33 heavy (non-hydrogen) atoms. The molecule has 4 rings (SSSR count). The Balaban J connectivity index is 1.46. The first kappa shape index (κ1) is 23.0. The van der Waals surface area contributed by atoms with Crippen LogP contribution in [-0.4, -0.2) is 43.8 Å². The quantitative estimate of drug-likeness (QED) is 0.484. The van der Waals surface area contributed by atoms with Crippen LogP contribution in [0.4, 0.5) is 20.4 Å². The zero-order chi connectivity index (χ0) is 23.4. The number of aromatic nitrogens is 2. The second kappa shape index (κ2) is 10.1. The highest BCUT2D eigenvalue weighted by Gasteiger charge is 2.25. The zero-order valence-electron chi connectivity index (χ0n) is 19.4. The van der Waals surface area contributed by atoms with Crippen molar-refractivity contribution in [1.82, 2.24) is 9.97 Å². The molecule has 2 aromatic carbocycles. The number of anilines is 2. The number of halogens is 2. The van der Waals surface area contributed by atoms with Gasteiger partial charge in [-0.15, -0.1) is 0 Å². The monoisotopic (exact) mass is 452 g/mol. The fourth-order valence-electron chi connectivity index (χ4n) is 4.15. The van der Waals surface area contributed by atoms with Crippen LogP contribution in [0.1, 0.15) is 25.3 Å². The smallest absolute Gasteiger partial charge is 0.225 e. The summed E-state index contributed by atoms with van der Waals surface area (Å²) in [6.45, 7) is 4.21. The Kier molecular flexibility index (Phi) is 7.06. The lowest BCUT2D eigenvalue weighted by molar-refractivity contribution is 0.222. The largest absolute Gasteiger partial charge is 0.491 e. The van der Waals surface area contributed by atoms with Crippen molar-refractivity contribution in [2.75, 3.05) is 43.6 Å². The Hall–Kier alpha value is -3.22. The zero-order valence-corrected chi connectivity index (χ0v) is 19.4. The van der Waals surface area contributed by atoms with Crippen molar-refractivity contribution >= 4 is 11.6 Å². The van der Waals surface area contributed by atoms with Crippen molar-refractivity contribution in [1.29, 1.82) is 0 Å². The Bertz CT molecular complexity index is 1070. The molecule has 1 fully saturated rings. The van der Waals surface area contributed by atoms with Gasteiger partial charge in [-0.3, -0.25) is 0 Å². The average molecular weight is 453 g/mol. The second-order valence-corrected chi connectivity index (χ2v) is 8.65. The fraction of sp³-hybridized carbons (Fsp3) is 0.385. The van der Waals surface area contributed by atoms with E-state index in [9.17, 15) is 4.39 Å². The van der Waals surface area contributed by atoms with Gasteiger partial charge in [0.2, 0.25) is 5.95 Å². The molecule has 0 atom stereocenters. The topological polar surface area (TPSA) is 41.5 Å². The first-order valence-electron chi connectivity index (χ1n) is 11.4. The highest BCUT2D eigenvalue weighted by Crippen LogP contribution is 2.38. The summed E-state index contributed by atoms with van der Waals surface area (Å²) >= 11 is 0. The molecule has 3 aromatic rings. The highest BCUT2D eigenvalue weighted by molar-refractivity contribution is 5.72. The normalized spacial score (nSPS) is 14.4. The first-order chi connectivity index (χ1) is 16.0. The van der Waals surface area contributed by atoms with Crippen molar-refractivity contribution in [2.24, 2.45) is 5.92 Å². The molecule has 1 saturated heterocycles. The van der Waals surface area contributed by atoms with Crippen LogP contribution >= 0.6 is 0 Å². The van der Waals surface area contributed by atoms with Crippen LogP contribution in [0.2, 0.25) is 0 Å². The molecule has 0 unspecified atom stereocenters. The van der Waals surface area contributed by atoms with Crippen LogP contribution in [0.5, 0.6) is 5.75 Å². The van der Waals surface area contributed by atoms with Gasteiger partial charge in [0.05, 0.1) is 6.61 Å². The first-order valence-corrected chi connectivity index (χ1v) is 11.4. The van der Waals surface area contributed by atoms with Crippen molar-refractivity contribution in [2.45, 2.75) is 26.2 Å². The molecule has 1 aromatic heterocycles. The van der Waals surface area contributed by atoms with Gasteiger partial charge in [0.15, 0.2) is 11.6 Å². The third kappa shape index (κ3) is 5.07. The minimum atomic E-state index is -0.890. The van der Waals surface area contributed by atoms with E-state index in [1.807, 2.05) is 18.5 Å². The maximum absolute atomic E-state index is 15.0. The number of hydrogen-bond acceptors (Lipinski definition) is 5. The summed E-state index contributed by atoms with van der Waals surface area (Å²) < 4.78 is 36.0. The minimum absolute atomic E-state index is 0.133. The maximum Gasteiger partial charge on any atom is 0.225 e. The van der Waals surface area contributed by atoms with E-state index in [-0.39, 0.29) is 11.3 Å². The van der Waals surface area contributed by atoms with E-state index in [4.69, 9.17) is 4.74 Å². The molecule has 0 radical (unpaired) electrons. The van der Waals surface area contributed by atoms with Crippen LogP contribution in [0.3, 0.4) is 0 Å². The number of rotatable bonds is 7. The van der Waals surface area contributed by atoms with Gasteiger partial charge in [-0.25, -0.2) is 18.7 Å². The fourth-order valence-corrected chi connectivity index (χ4v) is 4.15. The molecule has 0 N–H and O–H groups in total. The van der Waals surface area contributed by atoms with E-state index < -0.39 is 11.6 Å². The number of piperidine rings is 1. The Morgan fingerprint density at radius 3 is 2.30 bits per heavy atom. The highest BCUT2D eigenvalue weighted by atomic mass is 19.2. The lowest BCUT2D eigenvalue weighted by Crippen LogP contribution is -2.36. The molecule has 2 heterocycles. The van der Waals surface area contributed by atoms with Crippen molar-refractivity contribution in [3.05, 3.63) is 66.0 Å². The van der Waals surface area contributed by atoms with Gasteiger partial charge < -0.3 is 14.5 Å². The minimum Gasteiger partial charge on any atom is -0.491 e. The van der Waals surface area contributed by atoms with E-state index in [1.54, 1.807) is 49.3 Å². The summed E-state index contributed by atoms with van der Waals surface area (Å²) in [4.78, 5) is 12.7. The molecule has 174 valence electrons. The van der Waals surface area contributed by atoms with E-state index in [1.165, 1.54) is 0 Å². The number of ether oxygens (including phenoxy) is 1. The number of nitrogens with zero attached hydrogens (tertiary/aromatic N) is 4. The number of hydrogen-bond donors (Lipinski definition) is 0. The lowest BCUT2D eigenvalue weighted by Gasteiger charge is -2.32. The third-order valence-electron chi connectivity index (χ3n) is 6.15. The standard InChI is InChI=1S/C26H30F2N4O/c1-4-18-15-29-26(30-16-18)32-12-10-19(11-13-32)17-33-22-14-21(20-8-6-5-7-9-20)23(27)24(28)25(22)31(2)3/h5-9,14-16,19H,4,10-13,17H2,1-3H3. The van der Waals surface area contributed by atoms with Gasteiger partial charge >= 0.3 is 0 Å². The van der Waals surface area contributed by atoms with E-state index >= 15 is 4.39 Å². The summed E-state index contributed by atoms with van der Waals surface area (Å²) in [6.07, 6.45) is 6.53. The van der Waals surface area contributed by atoms with Crippen LogP contribution < -0.4 is 14.5 Å². The van der Waals surface area contributed by atoms with Crippen LogP contribution in [0.15, 0.2) is 48.8 Å². The van der Waals surface area contributed by atoms with E-state index in [0.29, 0.717) is 23.8 Å². The van der Waals surface area contributed by atoms with Crippen molar-refractivity contribution < 1.29 is 13.5 Å². The van der Waals surface area contributed by atoms with Crippen LogP contribution in [0.25, 0.3) is 11.1 Å². The Morgan fingerprint density at radius 2 is 1.70 bits per heavy atom. The number of benzene rings is 2. The summed E-state index contributed by atoms with van der Waals surface area (Å²) in [5, 5.41) is 0. The third-order valence-corrected chi connectivity index (χ3v) is 6.15. The van der Waals surface area contributed by atoms with Gasteiger partial charge in [0, 0.05) is 45.1 Å². The molecular formula is C26H30F2N4O. The van der Waals surface area contributed by atoms with Gasteiger partial charge in [0.1, 0.15) is 11.4 Å². The molecule has 1 aliphatic rings. The van der Waals surface area contributed by atoms with E-state index in [2.05, 4.69) is 21.8 Å². The summed E-state index contributed by atoms with van der Waals surface area (Å²) in [6, 6.07) is 10.6. The summed E-state index contributed by atoms with van der Waals surface area (Å²) in [5.74, 6) is -0.314. The second-order valence-electron chi connectivity index (χ2n) is 8.65. The number of aryl methyl sites for hydroxylation is 1. The molecule has 0 aliphatic carbocycles. The predicted molar refractivity (Wildman–Crippen MR) is 128 cm³/mol. The van der Waals surface area contributed by atoms with Crippen molar-refractivity contribution in [3.8, 4) is 16.9 Å². The van der Waals surface area contributed by atoms with Crippen LogP contribution in [0, 0.1) is 17.6 Å². The Labute approximate surface area is 194 Å². The maximum atomic E-state index is 15.0. The molecule has 0 amide bonds. The SMILES string of the molecule is CCc1cnc(N2CCC(COc3cc(-c4ccccc4)c(F)c(F)c3N(C)C)CC2)nc1. The van der Waals surface area contributed by atoms with Crippen LogP contribution in [-0.2, 0) is 6.42 Å². The molecule has 5 nitrogen and oxygen atoms in total. The molecule has 0 bridgehead atoms. The van der Waals surface area contributed by atoms with Crippen molar-refractivity contribution in [3.63, 3.8) is 0 Å². The van der Waals surface area contributed by atoms with Gasteiger partial charge in [0.25, 0.3) is 0 Å². The Morgan fingerprint density at radius 1 is 1.03 bits per heavy atom. The van der Waals surface area contributed by atoms with Gasteiger partial charge in [-0.05, 0) is 42.4 Å². The van der Waals surface area contributed by atoms with Gasteiger partial charge in [-0.2, -0.15) is 0 Å². The summed E-state index contributed by atoms with van der Waals surface area (Å²) in [7, 11) is 3.38. The molecule has 0 spiro atoms. The average Bonchev–Trinajstić information content (AvgIpc) is 2.85. The predicted octanol–water partition coefficient (Wildman–Crippen LogP) is 5.35. The lowest BCUT2D eigenvalue weighted by atomic mass is 9.98. The molecular weight excluding hydrogens is 422 g/mol. The van der Waals surface area contributed by atoms with Gasteiger partial charge in [-0.1, -0.05) is 37.3 Å². The molecule has 7 heteroatoms. The molecule has 0 saturated carbocycles. The molecule has 1 aliphatic heterocycles.